The number of alkyl halides is 3. The Bertz CT molecular complexity index is 249. The van der Waals surface area contributed by atoms with Gasteiger partial charge in [-0.1, -0.05) is 0 Å². The molecule has 0 saturated carbocycles. The molecule has 0 aromatic carbocycles. The lowest BCUT2D eigenvalue weighted by molar-refractivity contribution is -0.138. The van der Waals surface area contributed by atoms with Crippen molar-refractivity contribution in [2.45, 2.75) is 13.1 Å². The van der Waals surface area contributed by atoms with Gasteiger partial charge in [-0.3, -0.25) is 0 Å². The molecule has 0 atom stereocenters. The minimum absolute atomic E-state index is 0.0302. The number of halogens is 3. The molecule has 0 aromatic heterocycles. The number of rotatable bonds is 4. The Morgan fingerprint density at radius 1 is 1.47 bits per heavy atom. The number of carbonyl (C=O) groups is 1. The van der Waals surface area contributed by atoms with E-state index in [-0.39, 0.29) is 6.61 Å². The molecule has 7 heteroatoms. The molecule has 88 valence electrons. The number of hydrogen-bond acceptors (Lipinski definition) is 4. The summed E-state index contributed by atoms with van der Waals surface area (Å²) in [5.74, 6) is -1.03. The van der Waals surface area contributed by atoms with Crippen molar-refractivity contribution >= 4 is 5.97 Å². The number of nitrogens with zero attached hydrogens (tertiary/aromatic N) is 1. The molecule has 1 N–H and O–H groups in total. The molecule has 0 radical (unpaired) electrons. The molecule has 0 unspecified atom stereocenters. The van der Waals surface area contributed by atoms with Gasteiger partial charge in [-0.25, -0.2) is 9.80 Å². The van der Waals surface area contributed by atoms with Crippen molar-refractivity contribution in [3.8, 4) is 0 Å². The summed E-state index contributed by atoms with van der Waals surface area (Å²) in [7, 11) is 2.76. The number of esters is 1. The maximum Gasteiger partial charge on any atom is 0.432 e. The number of carbonyl (C=O) groups excluding carboxylic acids is 1. The van der Waals surface area contributed by atoms with Crippen LogP contribution in [0.5, 0.6) is 0 Å². The monoisotopic (exact) mass is 226 g/mol. The fraction of sp³-hybridized carbons (Fsp3) is 0.625. The highest BCUT2D eigenvalue weighted by Gasteiger charge is 2.35. The smallest absolute Gasteiger partial charge is 0.432 e. The molecule has 0 aromatic rings. The van der Waals surface area contributed by atoms with Crippen molar-refractivity contribution in [3.63, 3.8) is 0 Å². The molecule has 0 rings (SSSR count). The normalized spacial score (nSPS) is 12.9. The van der Waals surface area contributed by atoms with Crippen LogP contribution in [0.4, 0.5) is 13.2 Å². The van der Waals surface area contributed by atoms with Crippen LogP contribution >= 0.6 is 0 Å². The van der Waals surface area contributed by atoms with Crippen LogP contribution in [-0.4, -0.2) is 37.9 Å². The van der Waals surface area contributed by atoms with Crippen LogP contribution in [0.15, 0.2) is 11.8 Å². The van der Waals surface area contributed by atoms with Gasteiger partial charge in [0.25, 0.3) is 0 Å². The highest BCUT2D eigenvalue weighted by Crippen LogP contribution is 2.23. The largest absolute Gasteiger partial charge is 0.463 e. The molecule has 15 heavy (non-hydrogen) atoms. The summed E-state index contributed by atoms with van der Waals surface area (Å²) in [6, 6.07) is 0. The second kappa shape index (κ2) is 5.59. The molecule has 0 spiro atoms. The van der Waals surface area contributed by atoms with Gasteiger partial charge in [-0.2, -0.15) is 13.2 Å². The van der Waals surface area contributed by atoms with Gasteiger partial charge in [0, 0.05) is 14.1 Å². The first-order chi connectivity index (χ1) is 6.77. The summed E-state index contributed by atoms with van der Waals surface area (Å²) in [4.78, 5) is 10.8. The van der Waals surface area contributed by atoms with E-state index in [0.29, 0.717) is 6.08 Å². The average Bonchev–Trinajstić information content (AvgIpc) is 2.00. The summed E-state index contributed by atoms with van der Waals surface area (Å²) in [6.45, 7) is 1.54. The quantitative estimate of drug-likeness (QED) is 0.442. The highest BCUT2D eigenvalue weighted by atomic mass is 19.4. The molecular formula is C8H13F3N2O2. The minimum atomic E-state index is -4.61. The second-order valence-corrected chi connectivity index (χ2v) is 2.81. The van der Waals surface area contributed by atoms with Gasteiger partial charge < -0.3 is 10.2 Å². The van der Waals surface area contributed by atoms with E-state index in [4.69, 9.17) is 0 Å². The summed E-state index contributed by atoms with van der Waals surface area (Å²) in [5.41, 5.74) is 0.817. The van der Waals surface area contributed by atoms with Crippen LogP contribution in [0.1, 0.15) is 6.92 Å². The van der Waals surface area contributed by atoms with Crippen LogP contribution in [0.25, 0.3) is 0 Å². The van der Waals surface area contributed by atoms with Gasteiger partial charge >= 0.3 is 12.1 Å². The lowest BCUT2D eigenvalue weighted by Crippen LogP contribution is -2.36. The van der Waals surface area contributed by atoms with Crippen LogP contribution in [0, 0.1) is 0 Å². The fourth-order valence-electron chi connectivity index (χ4n) is 0.720. The average molecular weight is 226 g/mol. The van der Waals surface area contributed by atoms with Gasteiger partial charge in [0.1, 0.15) is 5.70 Å². The Kier molecular flexibility index (Phi) is 5.13. The second-order valence-electron chi connectivity index (χ2n) is 2.81. The molecule has 4 nitrogen and oxygen atoms in total. The number of ether oxygens (including phenoxy) is 1. The van der Waals surface area contributed by atoms with Gasteiger partial charge in [-0.15, -0.1) is 0 Å². The van der Waals surface area contributed by atoms with Crippen molar-refractivity contribution in [3.05, 3.63) is 11.8 Å². The Hall–Kier alpha value is -1.24. The van der Waals surface area contributed by atoms with Crippen molar-refractivity contribution in [2.24, 2.45) is 0 Å². The highest BCUT2D eigenvalue weighted by molar-refractivity contribution is 5.82. The first kappa shape index (κ1) is 13.8. The molecule has 0 heterocycles. The summed E-state index contributed by atoms with van der Waals surface area (Å²) < 4.78 is 41.3. The van der Waals surface area contributed by atoms with E-state index in [9.17, 15) is 18.0 Å². The summed E-state index contributed by atoms with van der Waals surface area (Å²) >= 11 is 0. The Labute approximate surface area is 85.7 Å². The van der Waals surface area contributed by atoms with Crippen molar-refractivity contribution < 1.29 is 22.7 Å². The molecule has 0 amide bonds. The van der Waals surface area contributed by atoms with Crippen LogP contribution in [0.2, 0.25) is 0 Å². The van der Waals surface area contributed by atoms with Crippen molar-refractivity contribution in [1.29, 1.82) is 0 Å². The molecule has 0 aliphatic heterocycles. The summed E-state index contributed by atoms with van der Waals surface area (Å²) in [5, 5.41) is 1.08. The molecule has 0 saturated heterocycles. The molecular weight excluding hydrogens is 213 g/mol. The van der Waals surface area contributed by atoms with E-state index in [0.717, 1.165) is 5.01 Å². The predicted octanol–water partition coefficient (Wildman–Crippen LogP) is 1.06. The van der Waals surface area contributed by atoms with E-state index in [1.807, 2.05) is 5.43 Å². The van der Waals surface area contributed by atoms with Crippen LogP contribution in [-0.2, 0) is 9.53 Å². The zero-order valence-electron chi connectivity index (χ0n) is 8.68. The maximum absolute atomic E-state index is 12.3. The SMILES string of the molecule is CCOC(=O)/C=C(\NN(C)C)C(F)(F)F. The first-order valence-corrected chi connectivity index (χ1v) is 4.17. The van der Waals surface area contributed by atoms with E-state index < -0.39 is 17.8 Å². The van der Waals surface area contributed by atoms with Gasteiger partial charge in [-0.05, 0) is 6.92 Å². The van der Waals surface area contributed by atoms with Crippen molar-refractivity contribution in [2.75, 3.05) is 20.7 Å². The van der Waals surface area contributed by atoms with E-state index in [1.165, 1.54) is 21.0 Å². The van der Waals surface area contributed by atoms with Gasteiger partial charge in [0.15, 0.2) is 0 Å². The molecule has 0 bridgehead atoms. The molecule has 0 aliphatic rings. The lowest BCUT2D eigenvalue weighted by Gasteiger charge is -2.18. The zero-order chi connectivity index (χ0) is 12.1. The fourth-order valence-corrected chi connectivity index (χ4v) is 0.720. The Morgan fingerprint density at radius 3 is 2.33 bits per heavy atom. The van der Waals surface area contributed by atoms with Crippen LogP contribution < -0.4 is 5.43 Å². The van der Waals surface area contributed by atoms with Gasteiger partial charge in [0.05, 0.1) is 12.7 Å². The third kappa shape index (κ3) is 5.95. The zero-order valence-corrected chi connectivity index (χ0v) is 8.68. The minimum Gasteiger partial charge on any atom is -0.463 e. The van der Waals surface area contributed by atoms with Crippen molar-refractivity contribution in [1.82, 2.24) is 10.4 Å². The maximum atomic E-state index is 12.3. The number of hydrogen-bond donors (Lipinski definition) is 1. The number of nitrogens with one attached hydrogen (secondary N) is 1. The third-order valence-corrected chi connectivity index (χ3v) is 1.20. The Morgan fingerprint density at radius 2 is 2.00 bits per heavy atom. The van der Waals surface area contributed by atoms with Crippen LogP contribution in [0.3, 0.4) is 0 Å². The van der Waals surface area contributed by atoms with E-state index >= 15 is 0 Å². The summed E-state index contributed by atoms with van der Waals surface area (Å²) in [6.07, 6.45) is -4.24. The number of allylic oxidation sites excluding steroid dienone is 1. The molecule has 0 aliphatic carbocycles. The number of hydrazine groups is 1. The topological polar surface area (TPSA) is 41.6 Å². The molecule has 0 fully saturated rings. The standard InChI is InChI=1S/C8H13F3N2O2/c1-4-15-7(14)5-6(8(9,10)11)12-13(2)3/h5,12H,4H2,1-3H3/b6-5-. The third-order valence-electron chi connectivity index (χ3n) is 1.20. The van der Waals surface area contributed by atoms with E-state index in [2.05, 4.69) is 4.74 Å². The lowest BCUT2D eigenvalue weighted by atomic mass is 10.4. The van der Waals surface area contributed by atoms with Gasteiger partial charge in [0.2, 0.25) is 0 Å². The first-order valence-electron chi connectivity index (χ1n) is 4.17. The Balaban J connectivity index is 4.70. The predicted molar refractivity (Wildman–Crippen MR) is 47.6 cm³/mol. The van der Waals surface area contributed by atoms with E-state index in [1.54, 1.807) is 0 Å².